The van der Waals surface area contributed by atoms with Crippen molar-refractivity contribution in [3.63, 3.8) is 0 Å². The second-order valence-corrected chi connectivity index (χ2v) is 7.12. The summed E-state index contributed by atoms with van der Waals surface area (Å²) in [5, 5.41) is 11.7. The van der Waals surface area contributed by atoms with Crippen molar-refractivity contribution in [1.29, 1.82) is 0 Å². The molecule has 0 radical (unpaired) electrons. The Hall–Kier alpha value is -4.00. The first-order chi connectivity index (χ1) is 14.4. The standard InChI is InChI=1S/C23H19N3O4/c1-14-3-2-4-15(11-14)12-16-9-10-26-22(16)25-19-13-17(5-6-18(19)23(26)30)24-20(27)7-8-21(28)29/h2-8,11-13H,9-10H2,1H3,(H,24,27)(H,28,29). The number of carbonyl (C=O) groups is 2. The summed E-state index contributed by atoms with van der Waals surface area (Å²) in [4.78, 5) is 40.0. The van der Waals surface area contributed by atoms with Crippen molar-refractivity contribution in [2.75, 3.05) is 5.32 Å². The molecule has 0 unspecified atom stereocenters. The minimum absolute atomic E-state index is 0.119. The highest BCUT2D eigenvalue weighted by Crippen LogP contribution is 2.28. The Balaban J connectivity index is 1.72. The van der Waals surface area contributed by atoms with E-state index in [1.165, 1.54) is 0 Å². The molecule has 0 saturated carbocycles. The quantitative estimate of drug-likeness (QED) is 0.654. The summed E-state index contributed by atoms with van der Waals surface area (Å²) in [6, 6.07) is 13.0. The number of anilines is 1. The smallest absolute Gasteiger partial charge is 0.328 e. The van der Waals surface area contributed by atoms with Crippen molar-refractivity contribution in [3.8, 4) is 0 Å². The summed E-state index contributed by atoms with van der Waals surface area (Å²) in [5.41, 5.74) is 3.98. The predicted molar refractivity (Wildman–Crippen MR) is 115 cm³/mol. The van der Waals surface area contributed by atoms with E-state index in [2.05, 4.69) is 11.4 Å². The number of aromatic nitrogens is 2. The molecule has 1 aliphatic heterocycles. The number of hydrogen-bond acceptors (Lipinski definition) is 4. The molecule has 3 aromatic rings. The zero-order chi connectivity index (χ0) is 21.3. The van der Waals surface area contributed by atoms with Gasteiger partial charge < -0.3 is 10.4 Å². The number of hydrogen-bond donors (Lipinski definition) is 2. The largest absolute Gasteiger partial charge is 0.478 e. The van der Waals surface area contributed by atoms with Crippen LogP contribution >= 0.6 is 0 Å². The molecule has 0 fully saturated rings. The number of benzene rings is 2. The normalized spacial score (nSPS) is 14.4. The van der Waals surface area contributed by atoms with E-state index in [1.807, 2.05) is 31.2 Å². The molecule has 1 aromatic heterocycles. The van der Waals surface area contributed by atoms with Crippen molar-refractivity contribution in [3.05, 3.63) is 81.9 Å². The molecule has 1 amide bonds. The second-order valence-electron chi connectivity index (χ2n) is 7.12. The lowest BCUT2D eigenvalue weighted by Crippen LogP contribution is -2.21. The second kappa shape index (κ2) is 7.79. The zero-order valence-corrected chi connectivity index (χ0v) is 16.3. The molecule has 150 valence electrons. The van der Waals surface area contributed by atoms with E-state index in [9.17, 15) is 14.4 Å². The number of carboxylic acid groups (broad SMARTS) is 1. The number of carbonyl (C=O) groups excluding carboxylic acids is 1. The Morgan fingerprint density at radius 3 is 2.77 bits per heavy atom. The Morgan fingerprint density at radius 1 is 1.17 bits per heavy atom. The molecule has 0 bridgehead atoms. The third-order valence-corrected chi connectivity index (χ3v) is 4.88. The van der Waals surface area contributed by atoms with Gasteiger partial charge in [0, 0.05) is 24.4 Å². The molecule has 0 atom stereocenters. The molecule has 30 heavy (non-hydrogen) atoms. The number of carboxylic acids is 1. The summed E-state index contributed by atoms with van der Waals surface area (Å²) >= 11 is 0. The molecule has 4 rings (SSSR count). The van der Waals surface area contributed by atoms with Crippen LogP contribution in [0.1, 0.15) is 23.4 Å². The molecule has 1 aliphatic rings. The van der Waals surface area contributed by atoms with Gasteiger partial charge in [-0.05, 0) is 48.8 Å². The van der Waals surface area contributed by atoms with Gasteiger partial charge in [0.2, 0.25) is 5.91 Å². The summed E-state index contributed by atoms with van der Waals surface area (Å²) in [6.07, 6.45) is 4.46. The molecule has 2 heterocycles. The number of allylic oxidation sites excluding steroid dienone is 1. The monoisotopic (exact) mass is 401 g/mol. The fourth-order valence-electron chi connectivity index (χ4n) is 3.52. The van der Waals surface area contributed by atoms with E-state index in [0.29, 0.717) is 29.0 Å². The lowest BCUT2D eigenvalue weighted by Gasteiger charge is -2.08. The summed E-state index contributed by atoms with van der Waals surface area (Å²) in [7, 11) is 0. The molecule has 7 heteroatoms. The first kappa shape index (κ1) is 19.3. The highest BCUT2D eigenvalue weighted by molar-refractivity contribution is 6.03. The molecule has 0 saturated heterocycles. The van der Waals surface area contributed by atoms with Gasteiger partial charge in [-0.15, -0.1) is 0 Å². The number of amides is 1. The van der Waals surface area contributed by atoms with Crippen LogP contribution in [0.15, 0.2) is 59.4 Å². The fourth-order valence-corrected chi connectivity index (χ4v) is 3.52. The number of rotatable bonds is 4. The SMILES string of the molecule is Cc1cccc(C=C2CCn3c2nc2cc(NC(=O)C=CC(=O)O)ccc2c3=O)c1. The minimum atomic E-state index is -1.21. The average Bonchev–Trinajstić information content (AvgIpc) is 3.09. The highest BCUT2D eigenvalue weighted by atomic mass is 16.4. The van der Waals surface area contributed by atoms with Crippen LogP contribution in [-0.2, 0) is 16.1 Å². The molecule has 2 aromatic carbocycles. The van der Waals surface area contributed by atoms with Crippen molar-refractivity contribution < 1.29 is 14.7 Å². The van der Waals surface area contributed by atoms with E-state index in [-0.39, 0.29) is 5.56 Å². The third kappa shape index (κ3) is 3.91. The fraction of sp³-hybridized carbons (Fsp3) is 0.130. The number of aryl methyl sites for hydroxylation is 1. The highest BCUT2D eigenvalue weighted by Gasteiger charge is 2.21. The van der Waals surface area contributed by atoms with Gasteiger partial charge >= 0.3 is 5.97 Å². The Labute approximate surface area is 172 Å². The van der Waals surface area contributed by atoms with Gasteiger partial charge in [0.25, 0.3) is 5.56 Å². The Bertz CT molecular complexity index is 1300. The van der Waals surface area contributed by atoms with E-state index in [0.717, 1.165) is 35.3 Å². The molecular formula is C23H19N3O4. The van der Waals surface area contributed by atoms with Crippen molar-refractivity contribution in [1.82, 2.24) is 9.55 Å². The van der Waals surface area contributed by atoms with Crippen molar-refractivity contribution in [2.24, 2.45) is 0 Å². The average molecular weight is 401 g/mol. The lowest BCUT2D eigenvalue weighted by molar-refractivity contribution is -0.131. The summed E-state index contributed by atoms with van der Waals surface area (Å²) in [6.45, 7) is 2.61. The van der Waals surface area contributed by atoms with Gasteiger partial charge in [-0.25, -0.2) is 9.78 Å². The number of nitrogens with one attached hydrogen (secondary N) is 1. The van der Waals surface area contributed by atoms with Gasteiger partial charge in [-0.3, -0.25) is 14.2 Å². The van der Waals surface area contributed by atoms with Crippen LogP contribution in [0.3, 0.4) is 0 Å². The first-order valence-corrected chi connectivity index (χ1v) is 9.45. The topological polar surface area (TPSA) is 101 Å². The maximum Gasteiger partial charge on any atom is 0.328 e. The van der Waals surface area contributed by atoms with Crippen LogP contribution in [0.4, 0.5) is 5.69 Å². The Kier molecular flexibility index (Phi) is 5.02. The van der Waals surface area contributed by atoms with Gasteiger partial charge in [-0.2, -0.15) is 0 Å². The minimum Gasteiger partial charge on any atom is -0.478 e. The van der Waals surface area contributed by atoms with Crippen LogP contribution in [0.25, 0.3) is 22.6 Å². The third-order valence-electron chi connectivity index (χ3n) is 4.88. The van der Waals surface area contributed by atoms with Gasteiger partial charge in [0.1, 0.15) is 5.82 Å². The van der Waals surface area contributed by atoms with E-state index in [1.54, 1.807) is 22.8 Å². The van der Waals surface area contributed by atoms with Gasteiger partial charge in [-0.1, -0.05) is 29.8 Å². The van der Waals surface area contributed by atoms with Gasteiger partial charge in [0.05, 0.1) is 10.9 Å². The van der Waals surface area contributed by atoms with Crippen LogP contribution in [0, 0.1) is 6.92 Å². The predicted octanol–water partition coefficient (Wildman–Crippen LogP) is 3.23. The Morgan fingerprint density at radius 2 is 2.00 bits per heavy atom. The lowest BCUT2D eigenvalue weighted by atomic mass is 10.1. The van der Waals surface area contributed by atoms with Crippen LogP contribution in [-0.4, -0.2) is 26.5 Å². The van der Waals surface area contributed by atoms with Crippen LogP contribution in [0.5, 0.6) is 0 Å². The molecule has 2 N–H and O–H groups in total. The maximum absolute atomic E-state index is 12.9. The molecule has 0 spiro atoms. The molecular weight excluding hydrogens is 382 g/mol. The number of aliphatic carboxylic acids is 1. The maximum atomic E-state index is 12.9. The van der Waals surface area contributed by atoms with Crippen LogP contribution in [0.2, 0.25) is 0 Å². The van der Waals surface area contributed by atoms with Crippen LogP contribution < -0.4 is 10.9 Å². The zero-order valence-electron chi connectivity index (χ0n) is 16.3. The molecule has 7 nitrogen and oxygen atoms in total. The molecule has 0 aliphatic carbocycles. The number of fused-ring (bicyclic) bond motifs is 2. The number of nitrogens with zero attached hydrogens (tertiary/aromatic N) is 2. The first-order valence-electron chi connectivity index (χ1n) is 9.45. The van der Waals surface area contributed by atoms with Crippen molar-refractivity contribution in [2.45, 2.75) is 19.9 Å². The van der Waals surface area contributed by atoms with E-state index >= 15 is 0 Å². The summed E-state index contributed by atoms with van der Waals surface area (Å²) < 4.78 is 1.68. The van der Waals surface area contributed by atoms with E-state index in [4.69, 9.17) is 10.1 Å². The summed E-state index contributed by atoms with van der Waals surface area (Å²) in [5.74, 6) is -1.15. The van der Waals surface area contributed by atoms with Crippen molar-refractivity contribution >= 4 is 40.1 Å². The van der Waals surface area contributed by atoms with E-state index < -0.39 is 11.9 Å². The van der Waals surface area contributed by atoms with Gasteiger partial charge in [0.15, 0.2) is 0 Å².